The molecule has 2 aromatic rings. The smallest absolute Gasteiger partial charge is 0.251 e. The summed E-state index contributed by atoms with van der Waals surface area (Å²) in [7, 11) is 0. The Labute approximate surface area is 168 Å². The van der Waals surface area contributed by atoms with Crippen LogP contribution in [0.2, 0.25) is 10.0 Å². The van der Waals surface area contributed by atoms with Gasteiger partial charge in [0.1, 0.15) is 5.82 Å². The molecule has 0 aliphatic carbocycles. The number of pyridine rings is 1. The summed E-state index contributed by atoms with van der Waals surface area (Å²) in [6.45, 7) is 5.15. The molecule has 1 saturated heterocycles. The van der Waals surface area contributed by atoms with Gasteiger partial charge in [-0.2, -0.15) is 0 Å². The maximum Gasteiger partial charge on any atom is 0.251 e. The van der Waals surface area contributed by atoms with Crippen LogP contribution in [0.4, 0.5) is 5.82 Å². The average molecular weight is 409 g/mol. The van der Waals surface area contributed by atoms with Crippen LogP contribution in [-0.2, 0) is 11.3 Å². The van der Waals surface area contributed by atoms with Crippen molar-refractivity contribution in [3.05, 3.63) is 57.7 Å². The number of anilines is 1. The van der Waals surface area contributed by atoms with Crippen molar-refractivity contribution in [1.82, 2.24) is 15.2 Å². The number of aromatic nitrogens is 1. The first kappa shape index (κ1) is 19.9. The van der Waals surface area contributed by atoms with E-state index in [1.165, 1.54) is 6.20 Å². The van der Waals surface area contributed by atoms with E-state index in [2.05, 4.69) is 20.5 Å². The maximum absolute atomic E-state index is 12.4. The molecule has 0 atom stereocenters. The highest BCUT2D eigenvalue weighted by molar-refractivity contribution is 6.35. The van der Waals surface area contributed by atoms with Crippen molar-refractivity contribution in [1.29, 1.82) is 0 Å². The highest BCUT2D eigenvalue weighted by Crippen LogP contribution is 2.22. The van der Waals surface area contributed by atoms with Crippen molar-refractivity contribution in [2.45, 2.75) is 6.54 Å². The highest BCUT2D eigenvalue weighted by Gasteiger charge is 2.12. The standard InChI is InChI=1S/C19H22Cl2N4O2/c20-16-11-17(21)18(24-12-16)22-4-5-23-19(26)15-3-1-2-14(10-15)13-25-6-8-27-9-7-25/h1-3,10-12H,4-9,13H2,(H,22,24)(H,23,26). The van der Waals surface area contributed by atoms with Crippen LogP contribution in [-0.4, -0.2) is 55.2 Å². The maximum atomic E-state index is 12.4. The van der Waals surface area contributed by atoms with Gasteiger partial charge < -0.3 is 15.4 Å². The molecule has 144 valence electrons. The van der Waals surface area contributed by atoms with Crippen molar-refractivity contribution < 1.29 is 9.53 Å². The van der Waals surface area contributed by atoms with Gasteiger partial charge in [0.2, 0.25) is 0 Å². The molecule has 1 amide bonds. The van der Waals surface area contributed by atoms with E-state index in [4.69, 9.17) is 27.9 Å². The van der Waals surface area contributed by atoms with Gasteiger partial charge in [-0.25, -0.2) is 4.98 Å². The third-order valence-corrected chi connectivity index (χ3v) is 4.70. The van der Waals surface area contributed by atoms with Crippen LogP contribution >= 0.6 is 23.2 Å². The number of ether oxygens (including phenoxy) is 1. The third-order valence-electron chi connectivity index (χ3n) is 4.21. The van der Waals surface area contributed by atoms with Gasteiger partial charge in [0.15, 0.2) is 0 Å². The fourth-order valence-corrected chi connectivity index (χ4v) is 3.28. The number of nitrogens with one attached hydrogen (secondary N) is 2. The lowest BCUT2D eigenvalue weighted by Crippen LogP contribution is -2.35. The van der Waals surface area contributed by atoms with Crippen molar-refractivity contribution in [3.63, 3.8) is 0 Å². The third kappa shape index (κ3) is 6.07. The van der Waals surface area contributed by atoms with E-state index in [1.54, 1.807) is 6.07 Å². The lowest BCUT2D eigenvalue weighted by atomic mass is 10.1. The van der Waals surface area contributed by atoms with Crippen LogP contribution in [0.25, 0.3) is 0 Å². The fraction of sp³-hybridized carbons (Fsp3) is 0.368. The Morgan fingerprint density at radius 1 is 1.19 bits per heavy atom. The van der Waals surface area contributed by atoms with Crippen molar-refractivity contribution in [2.75, 3.05) is 44.7 Å². The largest absolute Gasteiger partial charge is 0.379 e. The molecule has 27 heavy (non-hydrogen) atoms. The molecule has 1 aromatic heterocycles. The van der Waals surface area contributed by atoms with Crippen LogP contribution in [0.1, 0.15) is 15.9 Å². The summed E-state index contributed by atoms with van der Waals surface area (Å²) < 4.78 is 5.37. The molecule has 2 N–H and O–H groups in total. The summed E-state index contributed by atoms with van der Waals surface area (Å²) in [6.07, 6.45) is 1.52. The molecule has 1 fully saturated rings. The van der Waals surface area contributed by atoms with Crippen LogP contribution in [0.3, 0.4) is 0 Å². The van der Waals surface area contributed by atoms with E-state index in [-0.39, 0.29) is 5.91 Å². The Morgan fingerprint density at radius 3 is 2.78 bits per heavy atom. The molecule has 0 unspecified atom stereocenters. The van der Waals surface area contributed by atoms with Crippen LogP contribution in [0.15, 0.2) is 36.5 Å². The first-order chi connectivity index (χ1) is 13.1. The predicted octanol–water partition coefficient (Wildman–Crippen LogP) is 3.06. The molecular weight excluding hydrogens is 387 g/mol. The monoisotopic (exact) mass is 408 g/mol. The molecule has 2 heterocycles. The molecule has 0 spiro atoms. The summed E-state index contributed by atoms with van der Waals surface area (Å²) in [5.74, 6) is 0.443. The van der Waals surface area contributed by atoms with Gasteiger partial charge in [-0.3, -0.25) is 9.69 Å². The van der Waals surface area contributed by atoms with E-state index in [1.807, 2.05) is 24.3 Å². The topological polar surface area (TPSA) is 66.5 Å². The molecule has 6 nitrogen and oxygen atoms in total. The number of carbonyl (C=O) groups excluding carboxylic acids is 1. The Balaban J connectivity index is 1.46. The van der Waals surface area contributed by atoms with Gasteiger partial charge in [0, 0.05) is 44.5 Å². The molecule has 0 saturated carbocycles. The zero-order chi connectivity index (χ0) is 19.1. The van der Waals surface area contributed by atoms with Gasteiger partial charge in [0.25, 0.3) is 5.91 Å². The number of carbonyl (C=O) groups is 1. The Kier molecular flexibility index (Phi) is 7.29. The Bertz CT molecular complexity index is 782. The number of amides is 1. The zero-order valence-corrected chi connectivity index (χ0v) is 16.4. The number of hydrogen-bond acceptors (Lipinski definition) is 5. The van der Waals surface area contributed by atoms with Gasteiger partial charge in [0.05, 0.1) is 23.3 Å². The number of morpholine rings is 1. The summed E-state index contributed by atoms with van der Waals surface area (Å²) in [6, 6.07) is 9.35. The van der Waals surface area contributed by atoms with E-state index < -0.39 is 0 Å². The summed E-state index contributed by atoms with van der Waals surface area (Å²) >= 11 is 11.9. The van der Waals surface area contributed by atoms with Crippen LogP contribution in [0.5, 0.6) is 0 Å². The van der Waals surface area contributed by atoms with E-state index in [0.29, 0.717) is 34.5 Å². The van der Waals surface area contributed by atoms with Crippen molar-refractivity contribution in [3.8, 4) is 0 Å². The van der Waals surface area contributed by atoms with Gasteiger partial charge >= 0.3 is 0 Å². The lowest BCUT2D eigenvalue weighted by molar-refractivity contribution is 0.0342. The quantitative estimate of drug-likeness (QED) is 0.689. The second-order valence-corrected chi connectivity index (χ2v) is 7.10. The number of nitrogens with zero attached hydrogens (tertiary/aromatic N) is 2. The number of rotatable bonds is 7. The first-order valence-electron chi connectivity index (χ1n) is 8.84. The second kappa shape index (κ2) is 9.90. The zero-order valence-electron chi connectivity index (χ0n) is 14.9. The van der Waals surface area contributed by atoms with Gasteiger partial charge in [-0.1, -0.05) is 35.3 Å². The molecule has 1 aromatic carbocycles. The van der Waals surface area contributed by atoms with Crippen LogP contribution in [0, 0.1) is 0 Å². The second-order valence-electron chi connectivity index (χ2n) is 6.26. The highest BCUT2D eigenvalue weighted by atomic mass is 35.5. The predicted molar refractivity (Wildman–Crippen MR) is 108 cm³/mol. The molecule has 0 bridgehead atoms. The first-order valence-corrected chi connectivity index (χ1v) is 9.59. The van der Waals surface area contributed by atoms with E-state index >= 15 is 0 Å². The van der Waals surface area contributed by atoms with Gasteiger partial charge in [-0.05, 0) is 23.8 Å². The molecule has 1 aliphatic rings. The van der Waals surface area contributed by atoms with E-state index in [0.717, 1.165) is 38.4 Å². The molecule has 0 radical (unpaired) electrons. The normalized spacial score (nSPS) is 14.7. The summed E-state index contributed by atoms with van der Waals surface area (Å²) in [4.78, 5) is 18.8. The summed E-state index contributed by atoms with van der Waals surface area (Å²) in [5, 5.41) is 6.91. The Hall–Kier alpha value is -1.86. The minimum Gasteiger partial charge on any atom is -0.379 e. The fourth-order valence-electron chi connectivity index (χ4n) is 2.83. The molecule has 1 aliphatic heterocycles. The molecular formula is C19H22Cl2N4O2. The lowest BCUT2D eigenvalue weighted by Gasteiger charge is -2.26. The average Bonchev–Trinajstić information content (AvgIpc) is 2.67. The molecule has 3 rings (SSSR count). The van der Waals surface area contributed by atoms with Crippen molar-refractivity contribution >= 4 is 34.9 Å². The summed E-state index contributed by atoms with van der Waals surface area (Å²) in [5.41, 5.74) is 1.78. The van der Waals surface area contributed by atoms with E-state index in [9.17, 15) is 4.79 Å². The number of halogens is 2. The SMILES string of the molecule is O=C(NCCNc1ncc(Cl)cc1Cl)c1cccc(CN2CCOCC2)c1. The minimum absolute atomic E-state index is 0.101. The Morgan fingerprint density at radius 2 is 2.00 bits per heavy atom. The minimum atomic E-state index is -0.101. The van der Waals surface area contributed by atoms with Crippen molar-refractivity contribution in [2.24, 2.45) is 0 Å². The van der Waals surface area contributed by atoms with Crippen LogP contribution < -0.4 is 10.6 Å². The number of hydrogen-bond donors (Lipinski definition) is 2. The van der Waals surface area contributed by atoms with Gasteiger partial charge in [-0.15, -0.1) is 0 Å². The number of benzene rings is 1. The molecule has 8 heteroatoms.